The first-order valence-corrected chi connectivity index (χ1v) is 8.18. The van der Waals surface area contributed by atoms with Crippen molar-refractivity contribution in [1.29, 1.82) is 0 Å². The Hall–Kier alpha value is -1.73. The molecular formula is C17H19BrO6. The van der Waals surface area contributed by atoms with Gasteiger partial charge in [-0.15, -0.1) is 0 Å². The van der Waals surface area contributed by atoms with Gasteiger partial charge in [0.25, 0.3) is 0 Å². The Bertz CT molecular complexity index is 669. The van der Waals surface area contributed by atoms with Crippen LogP contribution in [0.25, 0.3) is 0 Å². The summed E-state index contributed by atoms with van der Waals surface area (Å²) in [5.41, 5.74) is -1.05. The number of carbonyl (C=O) groups is 3. The molecule has 24 heavy (non-hydrogen) atoms. The molecule has 0 heterocycles. The van der Waals surface area contributed by atoms with Gasteiger partial charge in [-0.25, -0.2) is 0 Å². The molecule has 1 saturated carbocycles. The molecule has 0 spiro atoms. The number of methoxy groups -OCH3 is 2. The molecular weight excluding hydrogens is 380 g/mol. The average Bonchev–Trinajstić information content (AvgIpc) is 2.52. The second-order valence-electron chi connectivity index (χ2n) is 6.08. The Morgan fingerprint density at radius 1 is 1.25 bits per heavy atom. The number of hydrogen-bond acceptors (Lipinski definition) is 6. The van der Waals surface area contributed by atoms with E-state index >= 15 is 0 Å². The van der Waals surface area contributed by atoms with Crippen LogP contribution in [0.5, 0.6) is 0 Å². The van der Waals surface area contributed by atoms with Crippen molar-refractivity contribution in [2.75, 3.05) is 14.2 Å². The monoisotopic (exact) mass is 398 g/mol. The summed E-state index contributed by atoms with van der Waals surface area (Å²) in [5, 5.41) is 10.7. The van der Waals surface area contributed by atoms with E-state index in [1.54, 1.807) is 24.3 Å². The van der Waals surface area contributed by atoms with E-state index in [4.69, 9.17) is 9.47 Å². The first-order chi connectivity index (χ1) is 11.2. The quantitative estimate of drug-likeness (QED) is 0.616. The lowest BCUT2D eigenvalue weighted by Gasteiger charge is -2.43. The molecule has 0 radical (unpaired) electrons. The number of aliphatic hydroxyl groups is 1. The number of ether oxygens (including phenoxy) is 2. The lowest BCUT2D eigenvalue weighted by molar-refractivity contribution is -0.170. The fourth-order valence-electron chi connectivity index (χ4n) is 3.38. The van der Waals surface area contributed by atoms with Gasteiger partial charge in [0.05, 0.1) is 25.7 Å². The van der Waals surface area contributed by atoms with Crippen LogP contribution in [0.2, 0.25) is 0 Å². The zero-order valence-electron chi connectivity index (χ0n) is 13.6. The van der Waals surface area contributed by atoms with Crippen LogP contribution in [-0.2, 0) is 23.9 Å². The van der Waals surface area contributed by atoms with E-state index in [1.165, 1.54) is 21.1 Å². The number of rotatable bonds is 3. The molecule has 0 unspecified atom stereocenters. The molecule has 0 aliphatic heterocycles. The zero-order valence-corrected chi connectivity index (χ0v) is 15.2. The summed E-state index contributed by atoms with van der Waals surface area (Å²) in [4.78, 5) is 37.1. The predicted octanol–water partition coefficient (Wildman–Crippen LogP) is 1.83. The molecule has 1 N–H and O–H groups in total. The van der Waals surface area contributed by atoms with Gasteiger partial charge in [-0.1, -0.05) is 28.1 Å². The summed E-state index contributed by atoms with van der Waals surface area (Å²) in [5.74, 6) is -4.98. The van der Waals surface area contributed by atoms with Crippen LogP contribution in [0.1, 0.15) is 24.8 Å². The second-order valence-corrected chi connectivity index (χ2v) is 7.00. The number of esters is 2. The molecule has 1 aliphatic rings. The second kappa shape index (κ2) is 7.03. The van der Waals surface area contributed by atoms with E-state index in [2.05, 4.69) is 15.9 Å². The predicted molar refractivity (Wildman–Crippen MR) is 88.1 cm³/mol. The van der Waals surface area contributed by atoms with Crippen LogP contribution >= 0.6 is 15.9 Å². The van der Waals surface area contributed by atoms with Crippen molar-refractivity contribution in [3.05, 3.63) is 34.3 Å². The summed E-state index contributed by atoms with van der Waals surface area (Å²) in [6, 6.07) is 6.93. The van der Waals surface area contributed by atoms with Crippen molar-refractivity contribution in [2.45, 2.75) is 24.9 Å². The van der Waals surface area contributed by atoms with Gasteiger partial charge in [0, 0.05) is 16.8 Å². The summed E-state index contributed by atoms with van der Waals surface area (Å²) in [7, 11) is 2.40. The highest BCUT2D eigenvalue weighted by Gasteiger charge is 2.56. The maximum Gasteiger partial charge on any atom is 0.316 e. The highest BCUT2D eigenvalue weighted by Crippen LogP contribution is 2.46. The van der Waals surface area contributed by atoms with Crippen LogP contribution in [0.4, 0.5) is 0 Å². The minimum absolute atomic E-state index is 0.322. The zero-order chi connectivity index (χ0) is 18.1. The van der Waals surface area contributed by atoms with Crippen LogP contribution in [0, 0.1) is 11.8 Å². The van der Waals surface area contributed by atoms with Crippen molar-refractivity contribution >= 4 is 33.7 Å². The first-order valence-electron chi connectivity index (χ1n) is 7.39. The first kappa shape index (κ1) is 18.6. The SMILES string of the molecule is COC(=O)[C@@H]1C(=O)C[C@](C)(O)[C@@H](C(=O)OC)[C@@H]1c1cccc(Br)c1. The van der Waals surface area contributed by atoms with Crippen molar-refractivity contribution in [2.24, 2.45) is 11.8 Å². The molecule has 0 aromatic heterocycles. The fraction of sp³-hybridized carbons (Fsp3) is 0.471. The third-order valence-electron chi connectivity index (χ3n) is 4.41. The van der Waals surface area contributed by atoms with Crippen molar-refractivity contribution in [3.63, 3.8) is 0 Å². The van der Waals surface area contributed by atoms with Gasteiger partial charge in [-0.3, -0.25) is 14.4 Å². The number of carbonyl (C=O) groups excluding carboxylic acids is 3. The van der Waals surface area contributed by atoms with Gasteiger partial charge in [0.1, 0.15) is 5.92 Å². The molecule has 1 aliphatic carbocycles. The molecule has 130 valence electrons. The lowest BCUT2D eigenvalue weighted by atomic mass is 9.62. The number of Topliss-reactive ketones (excluding diaryl/α,β-unsaturated/α-hetero) is 1. The van der Waals surface area contributed by atoms with Crippen molar-refractivity contribution in [3.8, 4) is 0 Å². The summed E-state index contributed by atoms with van der Waals surface area (Å²) in [6.07, 6.45) is -0.322. The van der Waals surface area contributed by atoms with Gasteiger partial charge >= 0.3 is 11.9 Å². The summed E-state index contributed by atoms with van der Waals surface area (Å²) >= 11 is 3.34. The molecule has 0 saturated heterocycles. The fourth-order valence-corrected chi connectivity index (χ4v) is 3.80. The molecule has 1 aromatic rings. The van der Waals surface area contributed by atoms with E-state index in [0.717, 1.165) is 4.47 Å². The van der Waals surface area contributed by atoms with E-state index in [0.29, 0.717) is 5.56 Å². The maximum absolute atomic E-state index is 12.5. The Labute approximate surface area is 148 Å². The molecule has 7 heteroatoms. The summed E-state index contributed by atoms with van der Waals surface area (Å²) < 4.78 is 10.3. The smallest absolute Gasteiger partial charge is 0.316 e. The lowest BCUT2D eigenvalue weighted by Crippen LogP contribution is -2.55. The Morgan fingerprint density at radius 3 is 2.42 bits per heavy atom. The third kappa shape index (κ3) is 3.37. The highest BCUT2D eigenvalue weighted by molar-refractivity contribution is 9.10. The van der Waals surface area contributed by atoms with Crippen LogP contribution < -0.4 is 0 Å². The van der Waals surface area contributed by atoms with E-state index < -0.39 is 41.1 Å². The van der Waals surface area contributed by atoms with Gasteiger partial charge in [0.15, 0.2) is 5.78 Å². The molecule has 2 rings (SSSR count). The molecule has 1 fully saturated rings. The molecule has 1 aromatic carbocycles. The average molecular weight is 399 g/mol. The minimum atomic E-state index is -1.62. The molecule has 6 nitrogen and oxygen atoms in total. The van der Waals surface area contributed by atoms with Crippen LogP contribution in [-0.4, -0.2) is 42.6 Å². The van der Waals surface area contributed by atoms with Crippen LogP contribution in [0.15, 0.2) is 28.7 Å². The Kier molecular flexibility index (Phi) is 5.45. The largest absolute Gasteiger partial charge is 0.469 e. The number of hydrogen-bond donors (Lipinski definition) is 1. The van der Waals surface area contributed by atoms with Crippen molar-refractivity contribution in [1.82, 2.24) is 0 Å². The molecule has 0 bridgehead atoms. The van der Waals surface area contributed by atoms with Gasteiger partial charge in [0.2, 0.25) is 0 Å². The summed E-state index contributed by atoms with van der Waals surface area (Å²) in [6.45, 7) is 1.41. The number of halogens is 1. The van der Waals surface area contributed by atoms with Crippen molar-refractivity contribution < 1.29 is 29.0 Å². The van der Waals surface area contributed by atoms with Gasteiger partial charge in [-0.05, 0) is 24.6 Å². The standard InChI is InChI=1S/C17H19BrO6/c1-17(22)8-11(19)13(15(20)23-2)12(14(17)16(21)24-3)9-5-4-6-10(18)7-9/h4-7,12-14,22H,8H2,1-3H3/t12-,13-,14-,17+/m1/s1. The van der Waals surface area contributed by atoms with E-state index in [9.17, 15) is 19.5 Å². The van der Waals surface area contributed by atoms with Gasteiger partial charge < -0.3 is 14.6 Å². The molecule has 4 atom stereocenters. The highest BCUT2D eigenvalue weighted by atomic mass is 79.9. The third-order valence-corrected chi connectivity index (χ3v) is 4.90. The Morgan fingerprint density at radius 2 is 1.88 bits per heavy atom. The topological polar surface area (TPSA) is 89.9 Å². The number of benzene rings is 1. The molecule has 0 amide bonds. The maximum atomic E-state index is 12.5. The van der Waals surface area contributed by atoms with Crippen LogP contribution in [0.3, 0.4) is 0 Å². The minimum Gasteiger partial charge on any atom is -0.469 e. The number of ketones is 1. The van der Waals surface area contributed by atoms with E-state index in [1.807, 2.05) is 0 Å². The normalized spacial score (nSPS) is 29.9. The van der Waals surface area contributed by atoms with E-state index in [-0.39, 0.29) is 6.42 Å². The van der Waals surface area contributed by atoms with Gasteiger partial charge in [-0.2, -0.15) is 0 Å². The Balaban J connectivity index is 2.65.